The Morgan fingerprint density at radius 3 is 1.47 bits per heavy atom. The molecule has 0 aliphatic heterocycles. The molecule has 0 unspecified atom stereocenters. The van der Waals surface area contributed by atoms with Crippen molar-refractivity contribution in [1.82, 2.24) is 4.90 Å². The molecule has 1 heteroatoms. The molecule has 0 bridgehead atoms. The Balaban J connectivity index is 0. The van der Waals surface area contributed by atoms with Crippen LogP contribution in [0.1, 0.15) is 69.2 Å². The van der Waals surface area contributed by atoms with Crippen LogP contribution in [-0.4, -0.2) is 24.5 Å². The van der Waals surface area contributed by atoms with Crippen LogP contribution in [0.15, 0.2) is 0 Å². The summed E-state index contributed by atoms with van der Waals surface area (Å²) in [6, 6.07) is 0. The smallest absolute Gasteiger partial charge is 0.00377 e. The monoisotopic (exact) mass is 243 g/mol. The molecule has 0 N–H and O–H groups in total. The number of hydrogen-bond donors (Lipinski definition) is 0. The molecule has 0 aromatic heterocycles. The molecule has 0 saturated carbocycles. The van der Waals surface area contributed by atoms with Crippen molar-refractivity contribution in [3.8, 4) is 0 Å². The highest BCUT2D eigenvalue weighted by atomic mass is 15.1. The van der Waals surface area contributed by atoms with Gasteiger partial charge in [0.1, 0.15) is 0 Å². The third kappa shape index (κ3) is 5.42. The minimum atomic E-state index is 0.368. The van der Waals surface area contributed by atoms with E-state index in [1.165, 1.54) is 6.54 Å². The minimum Gasteiger partial charge on any atom is -0.303 e. The van der Waals surface area contributed by atoms with E-state index in [0.29, 0.717) is 10.8 Å². The Morgan fingerprint density at radius 1 is 0.882 bits per heavy atom. The first-order chi connectivity index (χ1) is 7.69. The van der Waals surface area contributed by atoms with E-state index in [1.807, 2.05) is 13.8 Å². The summed E-state index contributed by atoms with van der Waals surface area (Å²) in [5.41, 5.74) is 0.753. The SMILES string of the molecule is CC.CCN(CC)CC(C)(C)C(C)(C)C(C)C. The molecule has 0 fully saturated rings. The van der Waals surface area contributed by atoms with E-state index in [4.69, 9.17) is 0 Å². The van der Waals surface area contributed by atoms with Crippen molar-refractivity contribution < 1.29 is 0 Å². The van der Waals surface area contributed by atoms with Crippen molar-refractivity contribution in [2.45, 2.75) is 69.2 Å². The first-order valence-corrected chi connectivity index (χ1v) is 7.41. The summed E-state index contributed by atoms with van der Waals surface area (Å²) >= 11 is 0. The second-order valence-electron chi connectivity index (χ2n) is 6.22. The van der Waals surface area contributed by atoms with Gasteiger partial charge in [-0.2, -0.15) is 0 Å². The van der Waals surface area contributed by atoms with Crippen LogP contribution in [0.25, 0.3) is 0 Å². The number of nitrogens with zero attached hydrogens (tertiary/aromatic N) is 1. The maximum Gasteiger partial charge on any atom is 0.00377 e. The van der Waals surface area contributed by atoms with Crippen molar-refractivity contribution >= 4 is 0 Å². The third-order valence-corrected chi connectivity index (χ3v) is 4.70. The highest BCUT2D eigenvalue weighted by molar-refractivity contribution is 4.90. The van der Waals surface area contributed by atoms with Gasteiger partial charge in [0.15, 0.2) is 0 Å². The fourth-order valence-corrected chi connectivity index (χ4v) is 1.99. The van der Waals surface area contributed by atoms with Crippen molar-refractivity contribution in [1.29, 1.82) is 0 Å². The molecule has 0 rings (SSSR count). The van der Waals surface area contributed by atoms with Gasteiger partial charge < -0.3 is 4.90 Å². The van der Waals surface area contributed by atoms with Crippen LogP contribution in [-0.2, 0) is 0 Å². The van der Waals surface area contributed by atoms with E-state index in [1.54, 1.807) is 0 Å². The largest absolute Gasteiger partial charge is 0.303 e. The topological polar surface area (TPSA) is 3.24 Å². The first kappa shape index (κ1) is 19.3. The fraction of sp³-hybridized carbons (Fsp3) is 1.00. The average Bonchev–Trinajstić information content (AvgIpc) is 2.28. The van der Waals surface area contributed by atoms with Gasteiger partial charge in [-0.3, -0.25) is 0 Å². The molecule has 0 amide bonds. The van der Waals surface area contributed by atoms with Gasteiger partial charge in [-0.25, -0.2) is 0 Å². The lowest BCUT2D eigenvalue weighted by Gasteiger charge is -2.47. The third-order valence-electron chi connectivity index (χ3n) is 4.70. The van der Waals surface area contributed by atoms with Crippen molar-refractivity contribution in [2.75, 3.05) is 19.6 Å². The lowest BCUT2D eigenvalue weighted by Crippen LogP contribution is -2.45. The Hall–Kier alpha value is -0.0400. The lowest BCUT2D eigenvalue weighted by atomic mass is 9.62. The summed E-state index contributed by atoms with van der Waals surface area (Å²) in [4.78, 5) is 2.53. The van der Waals surface area contributed by atoms with Crippen molar-refractivity contribution in [3.63, 3.8) is 0 Å². The molecule has 1 nitrogen and oxygen atoms in total. The molecule has 0 aliphatic carbocycles. The van der Waals surface area contributed by atoms with Gasteiger partial charge in [0, 0.05) is 6.54 Å². The van der Waals surface area contributed by atoms with E-state index in [2.05, 4.69) is 60.3 Å². The molecule has 106 valence electrons. The zero-order chi connectivity index (χ0) is 14.3. The van der Waals surface area contributed by atoms with Gasteiger partial charge in [-0.15, -0.1) is 0 Å². The zero-order valence-electron chi connectivity index (χ0n) is 14.1. The Morgan fingerprint density at radius 2 is 1.24 bits per heavy atom. The van der Waals surface area contributed by atoms with Gasteiger partial charge in [-0.05, 0) is 29.8 Å². The van der Waals surface area contributed by atoms with Crippen LogP contribution in [0.3, 0.4) is 0 Å². The van der Waals surface area contributed by atoms with Gasteiger partial charge in [0.2, 0.25) is 0 Å². The molecule has 0 heterocycles. The molecule has 0 spiro atoms. The summed E-state index contributed by atoms with van der Waals surface area (Å²) in [6.07, 6.45) is 0. The number of rotatable bonds is 6. The summed E-state index contributed by atoms with van der Waals surface area (Å²) < 4.78 is 0. The molecule has 0 radical (unpaired) electrons. The average molecular weight is 243 g/mol. The van der Waals surface area contributed by atoms with Gasteiger partial charge in [-0.1, -0.05) is 69.2 Å². The van der Waals surface area contributed by atoms with Crippen LogP contribution < -0.4 is 0 Å². The number of hydrogen-bond acceptors (Lipinski definition) is 1. The van der Waals surface area contributed by atoms with E-state index in [-0.39, 0.29) is 0 Å². The molecule has 0 aromatic rings. The summed E-state index contributed by atoms with van der Waals surface area (Å²) in [5.74, 6) is 0.725. The molecule has 0 aliphatic rings. The maximum absolute atomic E-state index is 2.53. The summed E-state index contributed by atoms with van der Waals surface area (Å²) in [6.45, 7) is 26.3. The molecule has 0 saturated heterocycles. The predicted octanol–water partition coefficient (Wildman–Crippen LogP) is 5.06. The summed E-state index contributed by atoms with van der Waals surface area (Å²) in [7, 11) is 0. The van der Waals surface area contributed by atoms with E-state index >= 15 is 0 Å². The highest BCUT2D eigenvalue weighted by Gasteiger charge is 2.39. The van der Waals surface area contributed by atoms with E-state index in [0.717, 1.165) is 19.0 Å². The van der Waals surface area contributed by atoms with Crippen LogP contribution in [0, 0.1) is 16.7 Å². The second-order valence-corrected chi connectivity index (χ2v) is 6.22. The fourth-order valence-electron chi connectivity index (χ4n) is 1.99. The molecule has 17 heavy (non-hydrogen) atoms. The zero-order valence-corrected chi connectivity index (χ0v) is 14.1. The van der Waals surface area contributed by atoms with Crippen LogP contribution >= 0.6 is 0 Å². The quantitative estimate of drug-likeness (QED) is 0.630. The molecular formula is C16H37N. The Kier molecular flexibility index (Phi) is 9.23. The van der Waals surface area contributed by atoms with Crippen molar-refractivity contribution in [3.05, 3.63) is 0 Å². The highest BCUT2D eigenvalue weighted by Crippen LogP contribution is 2.44. The molecule has 0 aromatic carbocycles. The Bertz CT molecular complexity index is 176. The maximum atomic E-state index is 2.53. The van der Waals surface area contributed by atoms with Crippen LogP contribution in [0.4, 0.5) is 0 Å². The molecular weight excluding hydrogens is 206 g/mol. The minimum absolute atomic E-state index is 0.368. The normalized spacial score (nSPS) is 12.7. The standard InChI is InChI=1S/C14H31N.C2H6/c1-9-15(10-2)11-13(5,6)14(7,8)12(3)4;1-2/h12H,9-11H2,1-8H3;1-2H3. The van der Waals surface area contributed by atoms with Crippen LogP contribution in [0.2, 0.25) is 0 Å². The van der Waals surface area contributed by atoms with E-state index in [9.17, 15) is 0 Å². The second kappa shape index (κ2) is 8.13. The van der Waals surface area contributed by atoms with Crippen molar-refractivity contribution in [2.24, 2.45) is 16.7 Å². The Labute approximate surface area is 111 Å². The lowest BCUT2D eigenvalue weighted by molar-refractivity contribution is 0.0219. The predicted molar refractivity (Wildman–Crippen MR) is 81.5 cm³/mol. The molecule has 0 atom stereocenters. The van der Waals surface area contributed by atoms with Crippen LogP contribution in [0.5, 0.6) is 0 Å². The summed E-state index contributed by atoms with van der Waals surface area (Å²) in [5, 5.41) is 0. The van der Waals surface area contributed by atoms with Gasteiger partial charge in [0.05, 0.1) is 0 Å². The van der Waals surface area contributed by atoms with Gasteiger partial charge in [0.25, 0.3) is 0 Å². The van der Waals surface area contributed by atoms with E-state index < -0.39 is 0 Å². The first-order valence-electron chi connectivity index (χ1n) is 7.41. The van der Waals surface area contributed by atoms with Gasteiger partial charge >= 0.3 is 0 Å².